The van der Waals surface area contributed by atoms with Gasteiger partial charge in [-0.1, -0.05) is 121 Å². The first-order valence-electron chi connectivity index (χ1n) is 15.0. The van der Waals surface area contributed by atoms with Gasteiger partial charge in [0.15, 0.2) is 0 Å². The first-order valence-corrected chi connectivity index (χ1v) is 15.0. The predicted octanol–water partition coefficient (Wildman–Crippen LogP) is 12.3. The summed E-state index contributed by atoms with van der Waals surface area (Å²) in [6.07, 6.45) is 0. The molecule has 10 rings (SSSR count). The SMILES string of the molecule is c1ccc2cc(-c3c4ccccc4c(-c4cccc5c4oc4cc6oc7ccccc7c6cc45)c4ccccc34)ccc2c1. The number of rotatable bonds is 2. The molecule has 0 aliphatic carbocycles. The molecular weight excluding hydrogens is 536 g/mol. The van der Waals surface area contributed by atoms with Gasteiger partial charge in [-0.2, -0.15) is 0 Å². The van der Waals surface area contributed by atoms with Gasteiger partial charge in [0.25, 0.3) is 0 Å². The van der Waals surface area contributed by atoms with Gasteiger partial charge in [-0.15, -0.1) is 0 Å². The summed E-state index contributed by atoms with van der Waals surface area (Å²) in [5.74, 6) is 0. The average Bonchev–Trinajstić information content (AvgIpc) is 3.63. The van der Waals surface area contributed by atoms with Crippen molar-refractivity contribution in [1.29, 1.82) is 0 Å². The molecule has 0 atom stereocenters. The van der Waals surface area contributed by atoms with E-state index < -0.39 is 0 Å². The zero-order valence-corrected chi connectivity index (χ0v) is 23.7. The summed E-state index contributed by atoms with van der Waals surface area (Å²) < 4.78 is 13.0. The molecule has 204 valence electrons. The number of hydrogen-bond acceptors (Lipinski definition) is 2. The second kappa shape index (κ2) is 8.82. The Morgan fingerprint density at radius 3 is 1.68 bits per heavy atom. The van der Waals surface area contributed by atoms with Gasteiger partial charge in [-0.3, -0.25) is 0 Å². The maximum atomic E-state index is 6.74. The number of para-hydroxylation sites is 2. The molecule has 0 aliphatic rings. The molecule has 0 fully saturated rings. The van der Waals surface area contributed by atoms with Gasteiger partial charge in [-0.05, 0) is 61.6 Å². The number of furan rings is 2. The molecule has 2 heterocycles. The van der Waals surface area contributed by atoms with Gasteiger partial charge in [0.2, 0.25) is 0 Å². The van der Waals surface area contributed by atoms with Crippen molar-refractivity contribution in [3.8, 4) is 22.3 Å². The molecule has 8 aromatic carbocycles. The van der Waals surface area contributed by atoms with Crippen LogP contribution in [0.1, 0.15) is 0 Å². The van der Waals surface area contributed by atoms with E-state index in [1.165, 1.54) is 49.0 Å². The highest BCUT2D eigenvalue weighted by Crippen LogP contribution is 2.47. The number of fused-ring (bicyclic) bond motifs is 9. The zero-order chi connectivity index (χ0) is 28.8. The fraction of sp³-hybridized carbons (Fsp3) is 0. The van der Waals surface area contributed by atoms with Crippen molar-refractivity contribution in [3.05, 3.63) is 146 Å². The molecule has 0 N–H and O–H groups in total. The van der Waals surface area contributed by atoms with Gasteiger partial charge >= 0.3 is 0 Å². The van der Waals surface area contributed by atoms with Crippen LogP contribution in [-0.4, -0.2) is 0 Å². The quantitative estimate of drug-likeness (QED) is 0.197. The molecule has 0 amide bonds. The molecule has 10 aromatic rings. The standard InChI is InChI=1S/C42H24O2/c1-2-11-26-22-27(21-20-25(26)10-1)40-29-13-3-5-15-31(29)41(32-16-6-4-14-30(32)40)34-18-9-17-33-36-23-35-28-12-7-8-19-37(28)43-38(35)24-39(36)44-42(33)34/h1-24H. The smallest absolute Gasteiger partial charge is 0.143 e. The average molecular weight is 561 g/mol. The molecule has 0 saturated heterocycles. The summed E-state index contributed by atoms with van der Waals surface area (Å²) in [6.45, 7) is 0. The molecule has 44 heavy (non-hydrogen) atoms. The van der Waals surface area contributed by atoms with Crippen molar-refractivity contribution >= 4 is 76.2 Å². The lowest BCUT2D eigenvalue weighted by atomic mass is 9.85. The molecule has 2 aromatic heterocycles. The van der Waals surface area contributed by atoms with Crippen LogP contribution in [0.25, 0.3) is 98.4 Å². The minimum absolute atomic E-state index is 0.834. The molecule has 2 heteroatoms. The Balaban J connectivity index is 1.30. The summed E-state index contributed by atoms with van der Waals surface area (Å²) in [5, 5.41) is 11.8. The predicted molar refractivity (Wildman–Crippen MR) is 184 cm³/mol. The molecule has 0 aliphatic heterocycles. The van der Waals surface area contributed by atoms with Crippen LogP contribution in [0.5, 0.6) is 0 Å². The van der Waals surface area contributed by atoms with Crippen LogP contribution < -0.4 is 0 Å². The van der Waals surface area contributed by atoms with Crippen molar-refractivity contribution in [2.24, 2.45) is 0 Å². The van der Waals surface area contributed by atoms with Crippen LogP contribution in [0.4, 0.5) is 0 Å². The second-order valence-electron chi connectivity index (χ2n) is 11.6. The highest BCUT2D eigenvalue weighted by Gasteiger charge is 2.21. The Hall–Kier alpha value is -5.86. The Morgan fingerprint density at radius 1 is 0.318 bits per heavy atom. The van der Waals surface area contributed by atoms with Crippen LogP contribution in [0.2, 0.25) is 0 Å². The van der Waals surface area contributed by atoms with Gasteiger partial charge in [0.05, 0.1) is 0 Å². The summed E-state index contributed by atoms with van der Waals surface area (Å²) in [4.78, 5) is 0. The Labute approximate surface area is 252 Å². The highest BCUT2D eigenvalue weighted by atomic mass is 16.3. The van der Waals surface area contributed by atoms with Crippen molar-refractivity contribution in [3.63, 3.8) is 0 Å². The molecule has 0 saturated carbocycles. The second-order valence-corrected chi connectivity index (χ2v) is 11.6. The Kier molecular flexibility index (Phi) is 4.75. The van der Waals surface area contributed by atoms with E-state index in [4.69, 9.17) is 8.83 Å². The Morgan fingerprint density at radius 2 is 0.909 bits per heavy atom. The highest BCUT2D eigenvalue weighted by molar-refractivity contribution is 6.25. The molecule has 2 nitrogen and oxygen atoms in total. The van der Waals surface area contributed by atoms with Crippen molar-refractivity contribution in [1.82, 2.24) is 0 Å². The van der Waals surface area contributed by atoms with E-state index in [0.717, 1.165) is 49.4 Å². The van der Waals surface area contributed by atoms with E-state index in [1.807, 2.05) is 18.2 Å². The molecule has 0 bridgehead atoms. The summed E-state index contributed by atoms with van der Waals surface area (Å²) in [6, 6.07) is 52.0. The molecule has 0 unspecified atom stereocenters. The Bertz CT molecular complexity index is 2720. The van der Waals surface area contributed by atoms with E-state index in [2.05, 4.69) is 127 Å². The molecular formula is C42H24O2. The number of benzene rings is 8. The van der Waals surface area contributed by atoms with E-state index >= 15 is 0 Å². The minimum Gasteiger partial charge on any atom is -0.456 e. The lowest BCUT2D eigenvalue weighted by molar-refractivity contribution is 0.656. The van der Waals surface area contributed by atoms with Crippen LogP contribution in [0.15, 0.2) is 154 Å². The van der Waals surface area contributed by atoms with E-state index in [0.29, 0.717) is 0 Å². The van der Waals surface area contributed by atoms with Gasteiger partial charge in [-0.25, -0.2) is 0 Å². The van der Waals surface area contributed by atoms with Crippen LogP contribution in [0, 0.1) is 0 Å². The fourth-order valence-corrected chi connectivity index (χ4v) is 7.29. The van der Waals surface area contributed by atoms with Gasteiger partial charge in [0.1, 0.15) is 22.3 Å². The first-order chi connectivity index (χ1) is 21.8. The van der Waals surface area contributed by atoms with E-state index in [-0.39, 0.29) is 0 Å². The largest absolute Gasteiger partial charge is 0.456 e. The third kappa shape index (κ3) is 3.25. The monoisotopic (exact) mass is 560 g/mol. The summed E-state index contributed by atoms with van der Waals surface area (Å²) in [7, 11) is 0. The van der Waals surface area contributed by atoms with E-state index in [9.17, 15) is 0 Å². The topological polar surface area (TPSA) is 26.3 Å². The van der Waals surface area contributed by atoms with Crippen molar-refractivity contribution in [2.45, 2.75) is 0 Å². The fourth-order valence-electron chi connectivity index (χ4n) is 7.29. The van der Waals surface area contributed by atoms with Crippen LogP contribution in [-0.2, 0) is 0 Å². The van der Waals surface area contributed by atoms with Gasteiger partial charge in [0, 0.05) is 38.7 Å². The minimum atomic E-state index is 0.834. The van der Waals surface area contributed by atoms with Crippen LogP contribution >= 0.6 is 0 Å². The lowest BCUT2D eigenvalue weighted by Crippen LogP contribution is -1.91. The van der Waals surface area contributed by atoms with Crippen LogP contribution in [0.3, 0.4) is 0 Å². The summed E-state index contributed by atoms with van der Waals surface area (Å²) in [5.41, 5.74) is 8.24. The van der Waals surface area contributed by atoms with E-state index in [1.54, 1.807) is 0 Å². The normalized spacial score (nSPS) is 12.1. The third-order valence-corrected chi connectivity index (χ3v) is 9.24. The maximum Gasteiger partial charge on any atom is 0.143 e. The molecule has 0 radical (unpaired) electrons. The lowest BCUT2D eigenvalue weighted by Gasteiger charge is -2.18. The summed E-state index contributed by atoms with van der Waals surface area (Å²) >= 11 is 0. The zero-order valence-electron chi connectivity index (χ0n) is 23.7. The third-order valence-electron chi connectivity index (χ3n) is 9.24. The first kappa shape index (κ1) is 23.7. The number of hydrogen-bond donors (Lipinski definition) is 0. The maximum absolute atomic E-state index is 6.74. The molecule has 0 spiro atoms. The van der Waals surface area contributed by atoms with Crippen molar-refractivity contribution in [2.75, 3.05) is 0 Å². The van der Waals surface area contributed by atoms with Crippen molar-refractivity contribution < 1.29 is 8.83 Å². The van der Waals surface area contributed by atoms with Gasteiger partial charge < -0.3 is 8.83 Å².